The average molecular weight is 554 g/mol. The first-order valence-electron chi connectivity index (χ1n) is 12.4. The van der Waals surface area contributed by atoms with Crippen molar-refractivity contribution in [1.29, 1.82) is 0 Å². The Morgan fingerprint density at radius 3 is 2.34 bits per heavy atom. The van der Waals surface area contributed by atoms with Crippen LogP contribution in [-0.4, -0.2) is 26.3 Å². The monoisotopic (exact) mass is 553 g/mol. The Morgan fingerprint density at radius 1 is 0.854 bits per heavy atom. The number of pyridine rings is 1. The van der Waals surface area contributed by atoms with Gasteiger partial charge in [0.1, 0.15) is 0 Å². The molecule has 0 bridgehead atoms. The first-order chi connectivity index (χ1) is 19.6. The summed E-state index contributed by atoms with van der Waals surface area (Å²) >= 11 is 0. The largest absolute Gasteiger partial charge is 0.416 e. The highest BCUT2D eigenvalue weighted by molar-refractivity contribution is 5.99. The summed E-state index contributed by atoms with van der Waals surface area (Å²) < 4.78 is 42.0. The van der Waals surface area contributed by atoms with E-state index in [1.165, 1.54) is 23.2 Å². The number of aromatic nitrogens is 3. The topological polar surface area (TPSA) is 88.9 Å². The minimum atomic E-state index is -4.69. The van der Waals surface area contributed by atoms with Gasteiger partial charge in [0.25, 0.3) is 11.8 Å². The number of fused-ring (bicyclic) bond motifs is 1. The molecule has 0 atom stereocenters. The zero-order valence-corrected chi connectivity index (χ0v) is 21.9. The van der Waals surface area contributed by atoms with E-state index in [2.05, 4.69) is 32.7 Å². The van der Waals surface area contributed by atoms with Crippen molar-refractivity contribution >= 4 is 22.7 Å². The lowest BCUT2D eigenvalue weighted by Gasteiger charge is -2.13. The van der Waals surface area contributed by atoms with Gasteiger partial charge >= 0.3 is 6.18 Å². The van der Waals surface area contributed by atoms with Crippen molar-refractivity contribution in [2.75, 3.05) is 0 Å². The van der Waals surface area contributed by atoms with E-state index < -0.39 is 23.6 Å². The molecule has 10 heteroatoms. The molecule has 5 rings (SSSR count). The second kappa shape index (κ2) is 11.0. The number of hydrogen-bond acceptors (Lipinski definition) is 4. The fourth-order valence-electron chi connectivity index (χ4n) is 4.05. The van der Waals surface area contributed by atoms with Gasteiger partial charge < -0.3 is 4.57 Å². The lowest BCUT2D eigenvalue weighted by molar-refractivity contribution is -0.137. The number of carbonyl (C=O) groups is 2. The number of benzene rings is 3. The molecular formula is C31H22F3N5O2. The molecule has 0 spiro atoms. The van der Waals surface area contributed by atoms with Gasteiger partial charge in [-0.25, -0.2) is 4.98 Å². The molecule has 0 unspecified atom stereocenters. The molecule has 204 valence electrons. The second-order valence-electron chi connectivity index (χ2n) is 9.29. The molecule has 0 radical (unpaired) electrons. The third-order valence-electron chi connectivity index (χ3n) is 6.24. The molecule has 2 amide bonds. The van der Waals surface area contributed by atoms with Crippen LogP contribution in [0.1, 0.15) is 48.7 Å². The van der Waals surface area contributed by atoms with E-state index in [1.54, 1.807) is 31.3 Å². The molecule has 2 aromatic heterocycles. The number of nitrogens with zero attached hydrogens (tertiary/aromatic N) is 3. The first kappa shape index (κ1) is 27.1. The van der Waals surface area contributed by atoms with E-state index in [0.29, 0.717) is 16.8 Å². The highest BCUT2D eigenvalue weighted by Gasteiger charge is 2.32. The second-order valence-corrected chi connectivity index (χ2v) is 9.29. The summed E-state index contributed by atoms with van der Waals surface area (Å²) in [6.45, 7) is 3.54. The van der Waals surface area contributed by atoms with E-state index in [9.17, 15) is 22.8 Å². The number of carbonyl (C=O) groups excluding carboxylic acids is 2. The number of halogens is 3. The molecule has 0 saturated heterocycles. The molecule has 7 nitrogen and oxygen atoms in total. The highest BCUT2D eigenvalue weighted by atomic mass is 19.4. The molecule has 0 aliphatic rings. The van der Waals surface area contributed by atoms with Gasteiger partial charge in [-0.3, -0.25) is 25.4 Å². The number of hydrogen-bond donors (Lipinski definition) is 2. The summed E-state index contributed by atoms with van der Waals surface area (Å²) in [4.78, 5) is 34.0. The van der Waals surface area contributed by atoms with Gasteiger partial charge in [0.2, 0.25) is 0 Å². The average Bonchev–Trinajstić information content (AvgIpc) is 3.40. The minimum Gasteiger partial charge on any atom is -0.306 e. The van der Waals surface area contributed by atoms with Gasteiger partial charge in [0.05, 0.1) is 23.1 Å². The van der Waals surface area contributed by atoms with Crippen LogP contribution < -0.4 is 10.9 Å². The van der Waals surface area contributed by atoms with Gasteiger partial charge in [0.15, 0.2) is 0 Å². The Morgan fingerprint density at radius 2 is 1.61 bits per heavy atom. The van der Waals surface area contributed by atoms with Crippen LogP contribution >= 0.6 is 0 Å². The third-order valence-corrected chi connectivity index (χ3v) is 6.24. The van der Waals surface area contributed by atoms with Gasteiger partial charge in [-0.2, -0.15) is 13.2 Å². The van der Waals surface area contributed by atoms with E-state index in [4.69, 9.17) is 0 Å². The van der Waals surface area contributed by atoms with Crippen LogP contribution in [0.4, 0.5) is 13.2 Å². The van der Waals surface area contributed by atoms with Crippen molar-refractivity contribution in [3.8, 4) is 17.5 Å². The molecule has 0 aliphatic carbocycles. The van der Waals surface area contributed by atoms with Crippen LogP contribution in [0.2, 0.25) is 0 Å². The number of hydrazine groups is 1. The predicted octanol–water partition coefficient (Wildman–Crippen LogP) is 5.53. The van der Waals surface area contributed by atoms with E-state index in [0.717, 1.165) is 28.6 Å². The first-order valence-corrected chi connectivity index (χ1v) is 12.4. The number of aryl methyl sites for hydroxylation is 2. The van der Waals surface area contributed by atoms with E-state index in [1.807, 2.05) is 37.3 Å². The van der Waals surface area contributed by atoms with Gasteiger partial charge in [-0.05, 0) is 61.9 Å². The van der Waals surface area contributed by atoms with E-state index in [-0.39, 0.29) is 16.8 Å². The summed E-state index contributed by atoms with van der Waals surface area (Å²) in [5.41, 5.74) is 7.03. The zero-order valence-electron chi connectivity index (χ0n) is 21.9. The van der Waals surface area contributed by atoms with Crippen molar-refractivity contribution < 1.29 is 22.8 Å². The molecule has 0 aliphatic heterocycles. The van der Waals surface area contributed by atoms with Crippen LogP contribution in [0.3, 0.4) is 0 Å². The SMILES string of the molecule is Cc1cn(-c2cc(C(=O)NNC(=O)c3ccc(C)c(C#Cc4cnc5ccccc5c4)c3)cc(C(F)(F)F)c2)cn1. The Hall–Kier alpha value is -5.43. The summed E-state index contributed by atoms with van der Waals surface area (Å²) in [7, 11) is 0. The molecule has 0 fully saturated rings. The minimum absolute atomic E-state index is 0.0975. The molecule has 2 heterocycles. The number of nitrogens with one attached hydrogen (secondary N) is 2. The van der Waals surface area contributed by atoms with Crippen LogP contribution in [0.5, 0.6) is 0 Å². The molecule has 0 saturated carbocycles. The standard InChI is InChI=1S/C31H22F3N5O2/c1-19-7-9-24(12-22(19)10-8-21-11-23-5-3-4-6-28(23)35-16-21)29(40)37-38-30(41)25-13-26(31(32,33)34)15-27(14-25)39-17-20(2)36-18-39/h3-7,9,11-18H,1-2H3,(H,37,40)(H,38,41). The summed E-state index contributed by atoms with van der Waals surface area (Å²) in [5, 5.41) is 0.952. The van der Waals surface area contributed by atoms with Crippen molar-refractivity contribution in [1.82, 2.24) is 25.4 Å². The van der Waals surface area contributed by atoms with Crippen molar-refractivity contribution in [2.24, 2.45) is 0 Å². The quantitative estimate of drug-likeness (QED) is 0.227. The summed E-state index contributed by atoms with van der Waals surface area (Å²) in [5.74, 6) is 4.53. The van der Waals surface area contributed by atoms with Gasteiger partial charge in [-0.15, -0.1) is 0 Å². The summed E-state index contributed by atoms with van der Waals surface area (Å²) in [6, 6.07) is 17.3. The maximum absolute atomic E-state index is 13.5. The zero-order chi connectivity index (χ0) is 29.1. The lowest BCUT2D eigenvalue weighted by Crippen LogP contribution is -2.41. The number of imidazole rings is 1. The molecular weight excluding hydrogens is 531 g/mol. The van der Waals surface area contributed by atoms with Crippen LogP contribution in [0, 0.1) is 25.7 Å². The van der Waals surface area contributed by atoms with E-state index >= 15 is 0 Å². The molecule has 41 heavy (non-hydrogen) atoms. The Bertz CT molecular complexity index is 1870. The van der Waals surface area contributed by atoms with Gasteiger partial charge in [-0.1, -0.05) is 36.1 Å². The maximum Gasteiger partial charge on any atom is 0.416 e. The smallest absolute Gasteiger partial charge is 0.306 e. The van der Waals surface area contributed by atoms with Gasteiger partial charge in [0, 0.05) is 45.7 Å². The normalized spacial score (nSPS) is 11.0. The Balaban J connectivity index is 1.33. The number of amides is 2. The fraction of sp³-hybridized carbons (Fsp3) is 0.0968. The molecule has 3 aromatic carbocycles. The molecule has 2 N–H and O–H groups in total. The van der Waals surface area contributed by atoms with Crippen LogP contribution in [-0.2, 0) is 6.18 Å². The fourth-order valence-corrected chi connectivity index (χ4v) is 4.05. The Kier molecular flexibility index (Phi) is 7.27. The summed E-state index contributed by atoms with van der Waals surface area (Å²) in [6.07, 6.45) is -0.133. The van der Waals surface area contributed by atoms with Crippen molar-refractivity contribution in [2.45, 2.75) is 20.0 Å². The van der Waals surface area contributed by atoms with Crippen molar-refractivity contribution in [3.63, 3.8) is 0 Å². The van der Waals surface area contributed by atoms with Crippen LogP contribution in [0.15, 0.2) is 85.5 Å². The predicted molar refractivity (Wildman–Crippen MR) is 147 cm³/mol. The third kappa shape index (κ3) is 6.25. The highest BCUT2D eigenvalue weighted by Crippen LogP contribution is 2.31. The van der Waals surface area contributed by atoms with Crippen molar-refractivity contribution in [3.05, 3.63) is 125 Å². The van der Waals surface area contributed by atoms with Crippen LogP contribution in [0.25, 0.3) is 16.6 Å². The number of rotatable bonds is 3. The number of para-hydroxylation sites is 1. The maximum atomic E-state index is 13.5. The number of alkyl halides is 3. The lowest BCUT2D eigenvalue weighted by atomic mass is 10.0. The molecule has 5 aromatic rings. The Labute approximate surface area is 233 Å².